The molecule has 0 radical (unpaired) electrons. The summed E-state index contributed by atoms with van der Waals surface area (Å²) in [6.07, 6.45) is 0. The van der Waals surface area contributed by atoms with Gasteiger partial charge in [-0.2, -0.15) is 0 Å². The monoisotopic (exact) mass is 294 g/mol. The van der Waals surface area contributed by atoms with Crippen LogP contribution in [0.3, 0.4) is 0 Å². The average Bonchev–Trinajstić information content (AvgIpc) is 2.43. The summed E-state index contributed by atoms with van der Waals surface area (Å²) in [5, 5.41) is 14.2. The molecule has 0 spiro atoms. The van der Waals surface area contributed by atoms with Crippen LogP contribution in [0.5, 0.6) is 0 Å². The van der Waals surface area contributed by atoms with E-state index in [1.54, 1.807) is 0 Å². The summed E-state index contributed by atoms with van der Waals surface area (Å²) in [6, 6.07) is 4.17. The molecule has 0 aliphatic rings. The minimum atomic E-state index is -0.518. The molecule has 0 fully saturated rings. The second kappa shape index (κ2) is 6.56. The van der Waals surface area contributed by atoms with E-state index in [0.717, 1.165) is 0 Å². The van der Waals surface area contributed by atoms with Crippen LogP contribution in [0.1, 0.15) is 38.1 Å². The zero-order valence-electron chi connectivity index (χ0n) is 13.1. The Morgan fingerprint density at radius 2 is 2.05 bits per heavy atom. The number of methoxy groups -OCH3 is 1. The molecule has 6 heteroatoms. The molecule has 116 valence electrons. The first-order valence-electron chi connectivity index (χ1n) is 6.79. The standard InChI is InChI=1S/C15H22N2O4/c1-10(2)15(3,4)9-16-12-8-11(14(18)21-5)6-7-13(12)17(19)20/h6-8,10,16H,9H2,1-5H3. The number of esters is 1. The Morgan fingerprint density at radius 1 is 1.43 bits per heavy atom. The Hall–Kier alpha value is -2.11. The van der Waals surface area contributed by atoms with Crippen LogP contribution < -0.4 is 5.32 Å². The zero-order valence-corrected chi connectivity index (χ0v) is 13.1. The van der Waals surface area contributed by atoms with Gasteiger partial charge in [-0.1, -0.05) is 27.7 Å². The van der Waals surface area contributed by atoms with Crippen molar-refractivity contribution in [3.8, 4) is 0 Å². The van der Waals surface area contributed by atoms with E-state index < -0.39 is 10.9 Å². The van der Waals surface area contributed by atoms with Gasteiger partial charge in [-0.15, -0.1) is 0 Å². The first-order valence-corrected chi connectivity index (χ1v) is 6.79. The number of rotatable bonds is 6. The highest BCUT2D eigenvalue weighted by molar-refractivity contribution is 5.91. The maximum Gasteiger partial charge on any atom is 0.337 e. The number of nitro benzene ring substituents is 1. The largest absolute Gasteiger partial charge is 0.465 e. The first-order chi connectivity index (χ1) is 9.69. The maximum atomic E-state index is 11.5. The van der Waals surface area contributed by atoms with Crippen LogP contribution in [0.4, 0.5) is 11.4 Å². The second-order valence-corrected chi connectivity index (χ2v) is 5.98. The summed E-state index contributed by atoms with van der Waals surface area (Å²) in [6.45, 7) is 8.93. The summed E-state index contributed by atoms with van der Waals surface area (Å²) in [5.74, 6) is -0.107. The van der Waals surface area contributed by atoms with Crippen LogP contribution >= 0.6 is 0 Å². The number of carbonyl (C=O) groups excluding carboxylic acids is 1. The van der Waals surface area contributed by atoms with Gasteiger partial charge in [0.05, 0.1) is 17.6 Å². The second-order valence-electron chi connectivity index (χ2n) is 5.98. The number of nitrogens with zero attached hydrogens (tertiary/aromatic N) is 1. The molecule has 0 aliphatic heterocycles. The van der Waals surface area contributed by atoms with E-state index in [-0.39, 0.29) is 16.7 Å². The number of hydrogen-bond acceptors (Lipinski definition) is 5. The van der Waals surface area contributed by atoms with Crippen molar-refractivity contribution in [3.63, 3.8) is 0 Å². The molecular formula is C15H22N2O4. The molecule has 0 atom stereocenters. The molecule has 0 saturated carbocycles. The van der Waals surface area contributed by atoms with Crippen molar-refractivity contribution in [2.75, 3.05) is 19.0 Å². The number of carbonyl (C=O) groups is 1. The molecule has 0 amide bonds. The fraction of sp³-hybridized carbons (Fsp3) is 0.533. The molecule has 1 aromatic rings. The van der Waals surface area contributed by atoms with E-state index in [2.05, 4.69) is 37.7 Å². The van der Waals surface area contributed by atoms with Gasteiger partial charge in [0.15, 0.2) is 0 Å². The minimum absolute atomic E-state index is 0.0326. The van der Waals surface area contributed by atoms with Gasteiger partial charge in [0.2, 0.25) is 0 Å². The lowest BCUT2D eigenvalue weighted by Gasteiger charge is -2.29. The topological polar surface area (TPSA) is 81.5 Å². The quantitative estimate of drug-likeness (QED) is 0.493. The average molecular weight is 294 g/mol. The molecule has 0 saturated heterocycles. The highest BCUT2D eigenvalue weighted by atomic mass is 16.6. The fourth-order valence-electron chi connectivity index (χ4n) is 1.61. The summed E-state index contributed by atoms with van der Waals surface area (Å²) >= 11 is 0. The summed E-state index contributed by atoms with van der Waals surface area (Å²) in [5.41, 5.74) is 0.529. The minimum Gasteiger partial charge on any atom is -0.465 e. The molecule has 0 bridgehead atoms. The van der Waals surface area contributed by atoms with E-state index in [0.29, 0.717) is 18.2 Å². The summed E-state index contributed by atoms with van der Waals surface area (Å²) in [4.78, 5) is 22.2. The molecule has 1 rings (SSSR count). The molecular weight excluding hydrogens is 272 g/mol. The van der Waals surface area contributed by atoms with Crippen LogP contribution in [0.2, 0.25) is 0 Å². The SMILES string of the molecule is COC(=O)c1ccc([N+](=O)[O-])c(NCC(C)(C)C(C)C)c1. The van der Waals surface area contributed by atoms with E-state index in [1.165, 1.54) is 25.3 Å². The molecule has 21 heavy (non-hydrogen) atoms. The van der Waals surface area contributed by atoms with Crippen molar-refractivity contribution in [2.24, 2.45) is 11.3 Å². The third-order valence-electron chi connectivity index (χ3n) is 3.91. The van der Waals surface area contributed by atoms with Crippen molar-refractivity contribution in [3.05, 3.63) is 33.9 Å². The van der Waals surface area contributed by atoms with Gasteiger partial charge in [0.25, 0.3) is 5.69 Å². The van der Waals surface area contributed by atoms with Gasteiger partial charge in [-0.05, 0) is 23.5 Å². The molecule has 0 aliphatic carbocycles. The number of anilines is 1. The predicted molar refractivity (Wildman–Crippen MR) is 81.5 cm³/mol. The van der Waals surface area contributed by atoms with Gasteiger partial charge in [-0.25, -0.2) is 4.79 Å². The van der Waals surface area contributed by atoms with Gasteiger partial charge >= 0.3 is 5.97 Å². The van der Waals surface area contributed by atoms with Crippen molar-refractivity contribution >= 4 is 17.3 Å². The Labute approximate surface area is 124 Å². The fourth-order valence-corrected chi connectivity index (χ4v) is 1.61. The Balaban J connectivity index is 3.07. The lowest BCUT2D eigenvalue weighted by atomic mass is 9.81. The van der Waals surface area contributed by atoms with Crippen LogP contribution in [0.25, 0.3) is 0 Å². The highest BCUT2D eigenvalue weighted by Gasteiger charge is 2.24. The van der Waals surface area contributed by atoms with Crippen LogP contribution in [-0.4, -0.2) is 24.5 Å². The molecule has 1 N–H and O–H groups in total. The van der Waals surface area contributed by atoms with Crippen molar-refractivity contribution in [1.82, 2.24) is 0 Å². The molecule has 0 aromatic heterocycles. The van der Waals surface area contributed by atoms with E-state index >= 15 is 0 Å². The van der Waals surface area contributed by atoms with Gasteiger partial charge in [0, 0.05) is 12.6 Å². The third kappa shape index (κ3) is 4.18. The lowest BCUT2D eigenvalue weighted by Crippen LogP contribution is -2.28. The van der Waals surface area contributed by atoms with Gasteiger partial charge in [0.1, 0.15) is 5.69 Å². The number of hydrogen-bond donors (Lipinski definition) is 1. The predicted octanol–water partition coefficient (Wildman–Crippen LogP) is 3.48. The summed E-state index contributed by atoms with van der Waals surface area (Å²) < 4.78 is 4.64. The molecule has 1 aromatic carbocycles. The maximum absolute atomic E-state index is 11.5. The molecule has 0 unspecified atom stereocenters. The number of nitro groups is 1. The number of benzene rings is 1. The normalized spacial score (nSPS) is 11.3. The number of ether oxygens (including phenoxy) is 1. The van der Waals surface area contributed by atoms with Crippen molar-refractivity contribution < 1.29 is 14.5 Å². The highest BCUT2D eigenvalue weighted by Crippen LogP contribution is 2.30. The first kappa shape index (κ1) is 16.9. The van der Waals surface area contributed by atoms with Gasteiger partial charge in [-0.3, -0.25) is 10.1 Å². The van der Waals surface area contributed by atoms with Crippen LogP contribution in [0, 0.1) is 21.4 Å². The summed E-state index contributed by atoms with van der Waals surface area (Å²) in [7, 11) is 1.28. The van der Waals surface area contributed by atoms with Crippen molar-refractivity contribution in [2.45, 2.75) is 27.7 Å². The third-order valence-corrected chi connectivity index (χ3v) is 3.91. The molecule has 6 nitrogen and oxygen atoms in total. The number of nitrogens with one attached hydrogen (secondary N) is 1. The van der Waals surface area contributed by atoms with E-state index in [9.17, 15) is 14.9 Å². The Bertz CT molecular complexity index is 538. The van der Waals surface area contributed by atoms with Crippen LogP contribution in [-0.2, 0) is 4.74 Å². The Kier molecular flexibility index (Phi) is 5.29. The lowest BCUT2D eigenvalue weighted by molar-refractivity contribution is -0.384. The van der Waals surface area contributed by atoms with Crippen molar-refractivity contribution in [1.29, 1.82) is 0 Å². The smallest absolute Gasteiger partial charge is 0.337 e. The Morgan fingerprint density at radius 3 is 2.52 bits per heavy atom. The zero-order chi connectivity index (χ0) is 16.2. The van der Waals surface area contributed by atoms with E-state index in [4.69, 9.17) is 0 Å². The molecule has 0 heterocycles. The van der Waals surface area contributed by atoms with E-state index in [1.807, 2.05) is 0 Å². The van der Waals surface area contributed by atoms with Gasteiger partial charge < -0.3 is 10.1 Å². The van der Waals surface area contributed by atoms with Crippen LogP contribution in [0.15, 0.2) is 18.2 Å².